The van der Waals surface area contributed by atoms with Gasteiger partial charge in [-0.3, -0.25) is 14.1 Å². The average molecular weight is 470 g/mol. The minimum atomic E-state index is -3.93. The van der Waals surface area contributed by atoms with Crippen molar-refractivity contribution in [1.82, 2.24) is 9.55 Å². The number of nitrogens with one attached hydrogen (secondary N) is 1. The number of fused-ring (bicyclic) bond motifs is 1. The Bertz CT molecular complexity index is 1510. The Labute approximate surface area is 190 Å². The van der Waals surface area contributed by atoms with Crippen LogP contribution in [0.1, 0.15) is 11.4 Å². The predicted octanol–water partition coefficient (Wildman–Crippen LogP) is 4.47. The first-order valence-electron chi connectivity index (χ1n) is 9.67. The summed E-state index contributed by atoms with van der Waals surface area (Å²) in [6, 6.07) is 16.3. The molecule has 1 aromatic heterocycles. The molecule has 1 N–H and O–H groups in total. The lowest BCUT2D eigenvalue weighted by Gasteiger charge is -2.15. The van der Waals surface area contributed by atoms with Gasteiger partial charge in [-0.25, -0.2) is 13.4 Å². The maximum Gasteiger partial charge on any atom is 0.265 e. The number of nitrogens with zero attached hydrogens (tertiary/aromatic N) is 2. The third-order valence-electron chi connectivity index (χ3n) is 5.07. The third kappa shape index (κ3) is 3.94. The SMILES string of the molecule is COc1ccc(S(=O)(=O)Nc2cc(-n3c(C)nc4ccccc4c3=O)ccc2Cl)cc1C. The number of rotatable bonds is 5. The first-order chi connectivity index (χ1) is 15.2. The first-order valence-corrected chi connectivity index (χ1v) is 11.5. The largest absolute Gasteiger partial charge is 0.496 e. The van der Waals surface area contributed by atoms with Gasteiger partial charge in [0.25, 0.3) is 15.6 Å². The molecule has 164 valence electrons. The normalized spacial score (nSPS) is 11.5. The standard InChI is InChI=1S/C23H20ClN3O4S/c1-14-12-17(9-11-22(14)31-3)32(29,30)26-21-13-16(8-10-19(21)24)27-15(2)25-20-7-5-4-6-18(20)23(27)28/h4-13,26H,1-3H3. The van der Waals surface area contributed by atoms with Crippen molar-refractivity contribution in [3.8, 4) is 11.4 Å². The summed E-state index contributed by atoms with van der Waals surface area (Å²) in [7, 11) is -2.41. The summed E-state index contributed by atoms with van der Waals surface area (Å²) < 4.78 is 35.1. The van der Waals surface area contributed by atoms with Crippen molar-refractivity contribution in [1.29, 1.82) is 0 Å². The molecule has 32 heavy (non-hydrogen) atoms. The lowest BCUT2D eigenvalue weighted by atomic mass is 10.2. The average Bonchev–Trinajstić information content (AvgIpc) is 2.75. The summed E-state index contributed by atoms with van der Waals surface area (Å²) >= 11 is 6.28. The Balaban J connectivity index is 1.78. The summed E-state index contributed by atoms with van der Waals surface area (Å²) in [6.07, 6.45) is 0. The quantitative estimate of drug-likeness (QED) is 0.466. The van der Waals surface area contributed by atoms with Crippen LogP contribution in [-0.2, 0) is 10.0 Å². The molecule has 7 nitrogen and oxygen atoms in total. The van der Waals surface area contributed by atoms with Crippen molar-refractivity contribution < 1.29 is 13.2 Å². The number of anilines is 1. The molecule has 0 aliphatic heterocycles. The molecule has 0 saturated carbocycles. The molecular weight excluding hydrogens is 450 g/mol. The molecule has 0 spiro atoms. The van der Waals surface area contributed by atoms with E-state index in [1.54, 1.807) is 44.2 Å². The fraction of sp³-hybridized carbons (Fsp3) is 0.130. The van der Waals surface area contributed by atoms with Gasteiger partial charge in [-0.2, -0.15) is 0 Å². The number of hydrogen-bond donors (Lipinski definition) is 1. The van der Waals surface area contributed by atoms with E-state index in [4.69, 9.17) is 16.3 Å². The van der Waals surface area contributed by atoms with Crippen LogP contribution in [0.2, 0.25) is 5.02 Å². The van der Waals surface area contributed by atoms with Gasteiger partial charge in [-0.15, -0.1) is 0 Å². The summed E-state index contributed by atoms with van der Waals surface area (Å²) in [5, 5.41) is 0.658. The fourth-order valence-electron chi connectivity index (χ4n) is 3.50. The van der Waals surface area contributed by atoms with E-state index in [2.05, 4.69) is 9.71 Å². The highest BCUT2D eigenvalue weighted by Crippen LogP contribution is 2.29. The van der Waals surface area contributed by atoms with E-state index < -0.39 is 10.0 Å². The lowest BCUT2D eigenvalue weighted by Crippen LogP contribution is -2.22. The number of methoxy groups -OCH3 is 1. The van der Waals surface area contributed by atoms with Crippen LogP contribution in [0.3, 0.4) is 0 Å². The zero-order chi connectivity index (χ0) is 23.0. The van der Waals surface area contributed by atoms with E-state index >= 15 is 0 Å². The van der Waals surface area contributed by atoms with Crippen LogP contribution >= 0.6 is 11.6 Å². The number of aryl methyl sites for hydroxylation is 2. The molecule has 4 aromatic rings. The van der Waals surface area contributed by atoms with Crippen LogP contribution in [0, 0.1) is 13.8 Å². The second-order valence-corrected chi connectivity index (χ2v) is 9.31. The molecule has 0 radical (unpaired) electrons. The molecule has 0 fully saturated rings. The van der Waals surface area contributed by atoms with E-state index in [1.165, 1.54) is 35.9 Å². The summed E-state index contributed by atoms with van der Waals surface area (Å²) in [5.74, 6) is 1.05. The fourth-order valence-corrected chi connectivity index (χ4v) is 4.88. The predicted molar refractivity (Wildman–Crippen MR) is 126 cm³/mol. The van der Waals surface area contributed by atoms with Crippen LogP contribution in [0.15, 0.2) is 70.4 Å². The lowest BCUT2D eigenvalue weighted by molar-refractivity contribution is 0.411. The molecule has 0 amide bonds. The van der Waals surface area contributed by atoms with Crippen molar-refractivity contribution in [2.75, 3.05) is 11.8 Å². The van der Waals surface area contributed by atoms with Crippen LogP contribution < -0.4 is 15.0 Å². The molecule has 0 aliphatic rings. The highest BCUT2D eigenvalue weighted by Gasteiger charge is 2.18. The minimum Gasteiger partial charge on any atom is -0.496 e. The van der Waals surface area contributed by atoms with Gasteiger partial charge < -0.3 is 4.74 Å². The zero-order valence-electron chi connectivity index (χ0n) is 17.6. The molecular formula is C23H20ClN3O4S. The second-order valence-electron chi connectivity index (χ2n) is 7.22. The highest BCUT2D eigenvalue weighted by atomic mass is 35.5. The van der Waals surface area contributed by atoms with Crippen molar-refractivity contribution in [2.24, 2.45) is 0 Å². The second kappa shape index (κ2) is 8.29. The first kappa shape index (κ1) is 21.9. The Morgan fingerprint density at radius 1 is 1.03 bits per heavy atom. The van der Waals surface area contributed by atoms with Gasteiger partial charge in [0.15, 0.2) is 0 Å². The molecule has 0 saturated heterocycles. The summed E-state index contributed by atoms with van der Waals surface area (Å²) in [4.78, 5) is 17.7. The number of sulfonamides is 1. The molecule has 1 heterocycles. The molecule has 9 heteroatoms. The Hall–Kier alpha value is -3.36. The van der Waals surface area contributed by atoms with E-state index in [9.17, 15) is 13.2 Å². The van der Waals surface area contributed by atoms with Crippen molar-refractivity contribution in [3.05, 3.63) is 87.4 Å². The van der Waals surface area contributed by atoms with Gasteiger partial charge in [-0.05, 0) is 67.9 Å². The van der Waals surface area contributed by atoms with E-state index in [0.717, 1.165) is 0 Å². The maximum atomic E-state index is 13.1. The maximum absolute atomic E-state index is 13.1. The third-order valence-corrected chi connectivity index (χ3v) is 6.77. The van der Waals surface area contributed by atoms with Crippen LogP contribution in [0.25, 0.3) is 16.6 Å². The molecule has 4 rings (SSSR count). The number of para-hydroxylation sites is 1. The Morgan fingerprint density at radius 2 is 1.78 bits per heavy atom. The van der Waals surface area contributed by atoms with E-state index in [-0.39, 0.29) is 21.2 Å². The molecule has 0 bridgehead atoms. The van der Waals surface area contributed by atoms with Gasteiger partial charge >= 0.3 is 0 Å². The van der Waals surface area contributed by atoms with Crippen LogP contribution in [-0.4, -0.2) is 25.1 Å². The number of halogens is 1. The minimum absolute atomic E-state index is 0.0676. The van der Waals surface area contributed by atoms with Crippen LogP contribution in [0.5, 0.6) is 5.75 Å². The van der Waals surface area contributed by atoms with Gasteiger partial charge in [0.1, 0.15) is 11.6 Å². The highest BCUT2D eigenvalue weighted by molar-refractivity contribution is 7.92. The molecule has 0 aliphatic carbocycles. The monoisotopic (exact) mass is 469 g/mol. The summed E-state index contributed by atoms with van der Waals surface area (Å²) in [5.41, 5.74) is 1.61. The summed E-state index contributed by atoms with van der Waals surface area (Å²) in [6.45, 7) is 3.47. The molecule has 0 atom stereocenters. The smallest absolute Gasteiger partial charge is 0.265 e. The van der Waals surface area contributed by atoms with E-state index in [0.29, 0.717) is 33.7 Å². The molecule has 3 aromatic carbocycles. The van der Waals surface area contributed by atoms with Gasteiger partial charge in [-0.1, -0.05) is 23.7 Å². The number of hydrogen-bond acceptors (Lipinski definition) is 5. The Kier molecular flexibility index (Phi) is 5.66. The molecule has 0 unspecified atom stereocenters. The van der Waals surface area contributed by atoms with E-state index in [1.807, 2.05) is 6.07 Å². The zero-order valence-corrected chi connectivity index (χ0v) is 19.2. The van der Waals surface area contributed by atoms with Gasteiger partial charge in [0.05, 0.1) is 39.3 Å². The van der Waals surface area contributed by atoms with Crippen molar-refractivity contribution >= 4 is 38.2 Å². The number of ether oxygens (including phenoxy) is 1. The number of benzene rings is 3. The van der Waals surface area contributed by atoms with Gasteiger partial charge in [0, 0.05) is 0 Å². The number of aromatic nitrogens is 2. The van der Waals surface area contributed by atoms with Gasteiger partial charge in [0.2, 0.25) is 0 Å². The van der Waals surface area contributed by atoms with Crippen molar-refractivity contribution in [3.63, 3.8) is 0 Å². The van der Waals surface area contributed by atoms with Crippen LogP contribution in [0.4, 0.5) is 5.69 Å². The topological polar surface area (TPSA) is 90.3 Å². The Morgan fingerprint density at radius 3 is 2.50 bits per heavy atom. The van der Waals surface area contributed by atoms with Crippen molar-refractivity contribution in [2.45, 2.75) is 18.7 Å².